The molecule has 0 aliphatic rings. The van der Waals surface area contributed by atoms with Gasteiger partial charge in [-0.05, 0) is 98.1 Å². The van der Waals surface area contributed by atoms with Crippen LogP contribution >= 0.6 is 23.2 Å². The Labute approximate surface area is 244 Å². The van der Waals surface area contributed by atoms with Crippen LogP contribution in [-0.2, 0) is 0 Å². The standard InChI is InChI=1S/C31H30Cl2N6O/c1-4-5-6-17-40-26-13-16-31(28(33)20-26)39-36-25-12-15-29(22(3)19-25)37-34-23-8-10-24(11-9-23)35-38-30-14-7-21(2)18-27(30)32/h7-16,18-20H,4-6,17H2,1-3H3. The van der Waals surface area contributed by atoms with Crippen LogP contribution in [0.15, 0.2) is 110 Å². The minimum absolute atomic E-state index is 0.491. The molecule has 4 aromatic rings. The third-order valence-electron chi connectivity index (χ3n) is 5.89. The molecule has 4 aromatic carbocycles. The van der Waals surface area contributed by atoms with E-state index in [1.165, 1.54) is 0 Å². The van der Waals surface area contributed by atoms with E-state index in [-0.39, 0.29) is 0 Å². The van der Waals surface area contributed by atoms with Crippen LogP contribution in [0.25, 0.3) is 0 Å². The Morgan fingerprint density at radius 3 is 1.73 bits per heavy atom. The van der Waals surface area contributed by atoms with Crippen LogP contribution in [0.1, 0.15) is 37.3 Å². The van der Waals surface area contributed by atoms with Gasteiger partial charge in [-0.3, -0.25) is 0 Å². The Balaban J connectivity index is 1.35. The second-order valence-corrected chi connectivity index (χ2v) is 10.0. The number of hydrogen-bond acceptors (Lipinski definition) is 7. The molecule has 0 aromatic heterocycles. The Kier molecular flexibility index (Phi) is 10.5. The number of unbranched alkanes of at least 4 members (excludes halogenated alkanes) is 2. The Morgan fingerprint density at radius 1 is 0.575 bits per heavy atom. The summed E-state index contributed by atoms with van der Waals surface area (Å²) in [5.41, 5.74) is 6.01. The van der Waals surface area contributed by atoms with E-state index in [1.807, 2.05) is 80.6 Å². The van der Waals surface area contributed by atoms with Gasteiger partial charge < -0.3 is 4.74 Å². The molecule has 9 heteroatoms. The van der Waals surface area contributed by atoms with Crippen molar-refractivity contribution in [3.8, 4) is 5.75 Å². The number of azo groups is 3. The highest BCUT2D eigenvalue weighted by Crippen LogP contribution is 2.33. The molecule has 0 bridgehead atoms. The lowest BCUT2D eigenvalue weighted by atomic mass is 10.2. The summed E-state index contributed by atoms with van der Waals surface area (Å²) in [4.78, 5) is 0. The van der Waals surface area contributed by atoms with Crippen LogP contribution < -0.4 is 4.74 Å². The number of halogens is 2. The van der Waals surface area contributed by atoms with E-state index < -0.39 is 0 Å². The molecule has 0 amide bonds. The fraction of sp³-hybridized carbons (Fsp3) is 0.226. The van der Waals surface area contributed by atoms with E-state index in [0.717, 1.165) is 41.8 Å². The topological polar surface area (TPSA) is 83.4 Å². The first kappa shape index (κ1) is 29.1. The predicted molar refractivity (Wildman–Crippen MR) is 163 cm³/mol. The lowest BCUT2D eigenvalue weighted by molar-refractivity contribution is 0.306. The molecule has 0 aliphatic heterocycles. The minimum Gasteiger partial charge on any atom is -0.494 e. The maximum absolute atomic E-state index is 6.38. The number of benzene rings is 4. The zero-order valence-corrected chi connectivity index (χ0v) is 24.2. The van der Waals surface area contributed by atoms with Gasteiger partial charge in [0.25, 0.3) is 0 Å². The molecular formula is C31H30Cl2N6O. The van der Waals surface area contributed by atoms with Crippen molar-refractivity contribution in [1.29, 1.82) is 0 Å². The first-order chi connectivity index (χ1) is 19.4. The molecule has 4 rings (SSSR count). The van der Waals surface area contributed by atoms with Gasteiger partial charge in [0.2, 0.25) is 0 Å². The summed E-state index contributed by atoms with van der Waals surface area (Å²) in [6.07, 6.45) is 3.32. The molecule has 0 aliphatic carbocycles. The van der Waals surface area contributed by atoms with Gasteiger partial charge in [0.1, 0.15) is 17.1 Å². The maximum Gasteiger partial charge on any atom is 0.120 e. The van der Waals surface area contributed by atoms with Crippen LogP contribution in [0, 0.1) is 13.8 Å². The van der Waals surface area contributed by atoms with Crippen LogP contribution in [0.3, 0.4) is 0 Å². The number of nitrogens with zero attached hydrogens (tertiary/aromatic N) is 6. The highest BCUT2D eigenvalue weighted by molar-refractivity contribution is 6.33. The molecule has 40 heavy (non-hydrogen) atoms. The molecular weight excluding hydrogens is 543 g/mol. The lowest BCUT2D eigenvalue weighted by Gasteiger charge is -2.06. The van der Waals surface area contributed by atoms with Crippen LogP contribution in [0.2, 0.25) is 10.0 Å². The van der Waals surface area contributed by atoms with Gasteiger partial charge in [-0.2, -0.15) is 20.5 Å². The number of aryl methyl sites for hydroxylation is 2. The zero-order valence-electron chi connectivity index (χ0n) is 22.7. The number of rotatable bonds is 11. The smallest absolute Gasteiger partial charge is 0.120 e. The normalized spacial score (nSPS) is 11.7. The second kappa shape index (κ2) is 14.4. The van der Waals surface area contributed by atoms with Crippen molar-refractivity contribution < 1.29 is 4.74 Å². The molecule has 0 unspecified atom stereocenters. The fourth-order valence-corrected chi connectivity index (χ4v) is 4.11. The van der Waals surface area contributed by atoms with Gasteiger partial charge in [0.05, 0.1) is 39.4 Å². The average Bonchev–Trinajstić information content (AvgIpc) is 2.94. The van der Waals surface area contributed by atoms with Crippen molar-refractivity contribution >= 4 is 57.3 Å². The van der Waals surface area contributed by atoms with Crippen molar-refractivity contribution in [2.75, 3.05) is 6.61 Å². The van der Waals surface area contributed by atoms with E-state index in [0.29, 0.717) is 45.1 Å². The molecule has 7 nitrogen and oxygen atoms in total. The van der Waals surface area contributed by atoms with E-state index >= 15 is 0 Å². The summed E-state index contributed by atoms with van der Waals surface area (Å²) in [7, 11) is 0. The van der Waals surface area contributed by atoms with Crippen LogP contribution in [0.5, 0.6) is 5.75 Å². The molecule has 0 radical (unpaired) electrons. The third-order valence-corrected chi connectivity index (χ3v) is 6.49. The Hall–Kier alpha value is -3.94. The van der Waals surface area contributed by atoms with Crippen molar-refractivity contribution in [1.82, 2.24) is 0 Å². The number of ether oxygens (including phenoxy) is 1. The van der Waals surface area contributed by atoms with Gasteiger partial charge >= 0.3 is 0 Å². The lowest BCUT2D eigenvalue weighted by Crippen LogP contribution is -1.96. The van der Waals surface area contributed by atoms with E-state index in [9.17, 15) is 0 Å². The predicted octanol–water partition coefficient (Wildman–Crippen LogP) is 12.4. The molecule has 204 valence electrons. The minimum atomic E-state index is 0.491. The molecule has 0 spiro atoms. The third kappa shape index (κ3) is 8.53. The molecule has 0 saturated carbocycles. The molecule has 0 heterocycles. The maximum atomic E-state index is 6.38. The van der Waals surface area contributed by atoms with Gasteiger partial charge in [0, 0.05) is 6.07 Å². The fourth-order valence-electron chi connectivity index (χ4n) is 3.63. The van der Waals surface area contributed by atoms with Gasteiger partial charge in [-0.25, -0.2) is 0 Å². The second-order valence-electron chi connectivity index (χ2n) is 9.21. The van der Waals surface area contributed by atoms with E-state index in [1.54, 1.807) is 12.1 Å². The van der Waals surface area contributed by atoms with Crippen molar-refractivity contribution in [3.05, 3.63) is 100 Å². The highest BCUT2D eigenvalue weighted by Gasteiger charge is 2.04. The summed E-state index contributed by atoms with van der Waals surface area (Å²) in [5, 5.41) is 26.9. The Bertz CT molecular complexity index is 1530. The Morgan fingerprint density at radius 2 is 1.12 bits per heavy atom. The molecule has 0 N–H and O–H groups in total. The zero-order chi connectivity index (χ0) is 28.3. The summed E-state index contributed by atoms with van der Waals surface area (Å²) >= 11 is 12.6. The largest absolute Gasteiger partial charge is 0.494 e. The molecule has 0 saturated heterocycles. The first-order valence-electron chi connectivity index (χ1n) is 13.1. The summed E-state index contributed by atoms with van der Waals surface area (Å²) < 4.78 is 5.74. The van der Waals surface area contributed by atoms with Crippen LogP contribution in [-0.4, -0.2) is 6.61 Å². The monoisotopic (exact) mass is 572 g/mol. The summed E-state index contributed by atoms with van der Waals surface area (Å²) in [5.74, 6) is 0.733. The van der Waals surface area contributed by atoms with Gasteiger partial charge in [-0.15, -0.1) is 10.2 Å². The molecule has 0 fully saturated rings. The first-order valence-corrected chi connectivity index (χ1v) is 13.8. The van der Waals surface area contributed by atoms with Crippen molar-refractivity contribution in [2.45, 2.75) is 40.0 Å². The van der Waals surface area contributed by atoms with Crippen molar-refractivity contribution in [2.24, 2.45) is 30.7 Å². The van der Waals surface area contributed by atoms with E-state index in [2.05, 4.69) is 37.6 Å². The van der Waals surface area contributed by atoms with Crippen molar-refractivity contribution in [3.63, 3.8) is 0 Å². The summed E-state index contributed by atoms with van der Waals surface area (Å²) in [6, 6.07) is 24.0. The SMILES string of the molecule is CCCCCOc1ccc(N=Nc2ccc(N=Nc3ccc(N=Nc4ccc(C)cc4Cl)cc3)c(C)c2)c(Cl)c1. The van der Waals surface area contributed by atoms with E-state index in [4.69, 9.17) is 27.9 Å². The number of hydrogen-bond donors (Lipinski definition) is 0. The molecule has 0 atom stereocenters. The highest BCUT2D eigenvalue weighted by atomic mass is 35.5. The average molecular weight is 574 g/mol. The summed E-state index contributed by atoms with van der Waals surface area (Å²) in [6.45, 7) is 6.76. The van der Waals surface area contributed by atoms with Gasteiger partial charge in [-0.1, -0.05) is 49.0 Å². The van der Waals surface area contributed by atoms with Gasteiger partial charge in [0.15, 0.2) is 0 Å². The quantitative estimate of drug-likeness (QED) is 0.130. The van der Waals surface area contributed by atoms with Crippen LogP contribution in [0.4, 0.5) is 34.1 Å².